The van der Waals surface area contributed by atoms with Crippen molar-refractivity contribution in [2.75, 3.05) is 6.61 Å². The minimum Gasteiger partial charge on any atom is -0.480 e. The summed E-state index contributed by atoms with van der Waals surface area (Å²) >= 11 is 0. The third-order valence-electron chi connectivity index (χ3n) is 2.42. The molecule has 0 fully saturated rings. The van der Waals surface area contributed by atoms with E-state index in [1.807, 2.05) is 20.8 Å². The average Bonchev–Trinajstić information content (AvgIpc) is 2.76. The summed E-state index contributed by atoms with van der Waals surface area (Å²) in [7, 11) is 0. The summed E-state index contributed by atoms with van der Waals surface area (Å²) in [6, 6.07) is -1.16. The molecule has 1 atom stereocenters. The molecule has 0 spiro atoms. The molecule has 4 N–H and O–H groups in total. The standard InChI is InChI=1S/C11H18N4O4/c1-11(2,3)10-13-7(14-15-10)8(17)12-6(4-5-16)9(18)19/h6,16H,4-5H2,1-3H3,(H,12,17)(H,18,19)(H,13,14,15)/t6-/m1/s1. The lowest BCUT2D eigenvalue weighted by atomic mass is 9.96. The molecule has 0 aliphatic carbocycles. The zero-order valence-electron chi connectivity index (χ0n) is 11.1. The second-order valence-electron chi connectivity index (χ2n) is 5.13. The van der Waals surface area contributed by atoms with Crippen molar-refractivity contribution in [3.8, 4) is 0 Å². The topological polar surface area (TPSA) is 128 Å². The maximum atomic E-state index is 11.8. The van der Waals surface area contributed by atoms with E-state index in [0.717, 1.165) is 0 Å². The van der Waals surface area contributed by atoms with E-state index in [1.165, 1.54) is 0 Å². The average molecular weight is 270 g/mol. The molecule has 1 amide bonds. The van der Waals surface area contributed by atoms with Crippen molar-refractivity contribution in [2.45, 2.75) is 38.6 Å². The van der Waals surface area contributed by atoms with Gasteiger partial charge in [-0.2, -0.15) is 0 Å². The number of aromatic nitrogens is 3. The number of hydrogen-bond acceptors (Lipinski definition) is 5. The van der Waals surface area contributed by atoms with Gasteiger partial charge in [-0.05, 0) is 0 Å². The first-order valence-electron chi connectivity index (χ1n) is 5.83. The molecule has 8 heteroatoms. The van der Waals surface area contributed by atoms with E-state index >= 15 is 0 Å². The number of hydrogen-bond donors (Lipinski definition) is 4. The van der Waals surface area contributed by atoms with Crippen molar-refractivity contribution < 1.29 is 19.8 Å². The normalized spacial score (nSPS) is 13.1. The highest BCUT2D eigenvalue weighted by molar-refractivity contribution is 5.93. The van der Waals surface area contributed by atoms with Crippen LogP contribution in [0.5, 0.6) is 0 Å². The highest BCUT2D eigenvalue weighted by Crippen LogP contribution is 2.17. The highest BCUT2D eigenvalue weighted by atomic mass is 16.4. The fraction of sp³-hybridized carbons (Fsp3) is 0.636. The molecule has 1 aromatic heterocycles. The Morgan fingerprint density at radius 1 is 1.42 bits per heavy atom. The van der Waals surface area contributed by atoms with Crippen molar-refractivity contribution in [1.82, 2.24) is 20.5 Å². The lowest BCUT2D eigenvalue weighted by Crippen LogP contribution is -2.41. The number of aliphatic hydroxyl groups excluding tert-OH is 1. The quantitative estimate of drug-likeness (QED) is 0.580. The number of aromatic amines is 1. The van der Waals surface area contributed by atoms with Crippen LogP contribution in [0.4, 0.5) is 0 Å². The molecule has 1 aromatic rings. The van der Waals surface area contributed by atoms with Crippen LogP contribution >= 0.6 is 0 Å². The number of H-pyrrole nitrogens is 1. The molecule has 0 aliphatic rings. The highest BCUT2D eigenvalue weighted by Gasteiger charge is 2.24. The number of carbonyl (C=O) groups is 2. The fourth-order valence-electron chi connectivity index (χ4n) is 1.31. The molecule has 0 saturated heterocycles. The third kappa shape index (κ3) is 4.02. The third-order valence-corrected chi connectivity index (χ3v) is 2.42. The first-order chi connectivity index (χ1) is 8.75. The lowest BCUT2D eigenvalue weighted by Gasteiger charge is -2.13. The van der Waals surface area contributed by atoms with E-state index in [1.54, 1.807) is 0 Å². The number of carbonyl (C=O) groups excluding carboxylic acids is 1. The van der Waals surface area contributed by atoms with Gasteiger partial charge in [-0.1, -0.05) is 20.8 Å². The molecule has 1 heterocycles. The van der Waals surface area contributed by atoms with Crippen molar-refractivity contribution in [3.05, 3.63) is 11.6 Å². The van der Waals surface area contributed by atoms with E-state index < -0.39 is 17.9 Å². The summed E-state index contributed by atoms with van der Waals surface area (Å²) in [6.45, 7) is 5.38. The van der Waals surface area contributed by atoms with Gasteiger partial charge in [0, 0.05) is 18.4 Å². The minimum atomic E-state index is -1.21. The largest absolute Gasteiger partial charge is 0.480 e. The number of amides is 1. The van der Waals surface area contributed by atoms with Crippen LogP contribution in [0.25, 0.3) is 0 Å². The van der Waals surface area contributed by atoms with Crippen LogP contribution in [0, 0.1) is 0 Å². The van der Waals surface area contributed by atoms with Gasteiger partial charge >= 0.3 is 5.97 Å². The molecule has 0 unspecified atom stereocenters. The zero-order valence-corrected chi connectivity index (χ0v) is 11.1. The van der Waals surface area contributed by atoms with Crippen LogP contribution in [0.2, 0.25) is 0 Å². The van der Waals surface area contributed by atoms with Crippen LogP contribution in [0.15, 0.2) is 0 Å². The number of rotatable bonds is 5. The predicted octanol–water partition coefficient (Wildman–Crippen LogP) is -0.332. The van der Waals surface area contributed by atoms with Crippen LogP contribution in [0.3, 0.4) is 0 Å². The van der Waals surface area contributed by atoms with Crippen LogP contribution in [-0.4, -0.2) is 49.9 Å². The van der Waals surface area contributed by atoms with E-state index in [0.29, 0.717) is 5.82 Å². The molecular formula is C11H18N4O4. The Balaban J connectivity index is 2.78. The fourth-order valence-corrected chi connectivity index (χ4v) is 1.31. The molecule has 8 nitrogen and oxygen atoms in total. The first-order valence-corrected chi connectivity index (χ1v) is 5.83. The van der Waals surface area contributed by atoms with Gasteiger partial charge in [0.25, 0.3) is 5.91 Å². The molecule has 0 saturated carbocycles. The Kier molecular flexibility index (Phi) is 4.60. The van der Waals surface area contributed by atoms with Gasteiger partial charge in [-0.25, -0.2) is 9.78 Å². The Labute approximate surface area is 110 Å². The smallest absolute Gasteiger partial charge is 0.326 e. The van der Waals surface area contributed by atoms with Crippen LogP contribution in [0.1, 0.15) is 43.6 Å². The van der Waals surface area contributed by atoms with Gasteiger partial charge in [-0.15, -0.1) is 5.10 Å². The minimum absolute atomic E-state index is 0.0718. The molecular weight excluding hydrogens is 252 g/mol. The number of aliphatic carboxylic acids is 1. The molecule has 0 aliphatic heterocycles. The van der Waals surface area contributed by atoms with E-state index in [-0.39, 0.29) is 24.3 Å². The second kappa shape index (κ2) is 5.79. The summed E-state index contributed by atoms with van der Waals surface area (Å²) in [5.74, 6) is -1.48. The Bertz CT molecular complexity index is 464. The van der Waals surface area contributed by atoms with Crippen molar-refractivity contribution in [1.29, 1.82) is 0 Å². The molecule has 0 radical (unpaired) electrons. The van der Waals surface area contributed by atoms with Crippen molar-refractivity contribution in [3.63, 3.8) is 0 Å². The number of nitrogens with one attached hydrogen (secondary N) is 2. The maximum Gasteiger partial charge on any atom is 0.326 e. The molecule has 0 aromatic carbocycles. The van der Waals surface area contributed by atoms with Crippen LogP contribution < -0.4 is 5.32 Å². The zero-order chi connectivity index (χ0) is 14.6. The first kappa shape index (κ1) is 15.1. The molecule has 106 valence electrons. The summed E-state index contributed by atoms with van der Waals surface area (Å²) in [5.41, 5.74) is -0.289. The SMILES string of the molecule is CC(C)(C)c1nc(C(=O)N[C@H](CCO)C(=O)O)n[nH]1. The van der Waals surface area contributed by atoms with E-state index in [2.05, 4.69) is 20.5 Å². The van der Waals surface area contributed by atoms with Gasteiger partial charge < -0.3 is 15.5 Å². The number of aliphatic hydroxyl groups is 1. The van der Waals surface area contributed by atoms with Crippen molar-refractivity contribution >= 4 is 11.9 Å². The van der Waals surface area contributed by atoms with Gasteiger partial charge in [0.1, 0.15) is 11.9 Å². The van der Waals surface area contributed by atoms with Gasteiger partial charge in [0.2, 0.25) is 5.82 Å². The molecule has 0 bridgehead atoms. The lowest BCUT2D eigenvalue weighted by molar-refractivity contribution is -0.139. The molecule has 1 rings (SSSR count). The summed E-state index contributed by atoms with van der Waals surface area (Å²) in [5, 5.41) is 26.2. The monoisotopic (exact) mass is 270 g/mol. The van der Waals surface area contributed by atoms with Gasteiger partial charge in [0.15, 0.2) is 0 Å². The number of carboxylic acids is 1. The van der Waals surface area contributed by atoms with E-state index in [4.69, 9.17) is 10.2 Å². The van der Waals surface area contributed by atoms with Gasteiger partial charge in [-0.3, -0.25) is 9.89 Å². The summed E-state index contributed by atoms with van der Waals surface area (Å²) in [4.78, 5) is 26.6. The Morgan fingerprint density at radius 2 is 2.05 bits per heavy atom. The summed E-state index contributed by atoms with van der Waals surface area (Å²) < 4.78 is 0. The Hall–Kier alpha value is -1.96. The predicted molar refractivity (Wildman–Crippen MR) is 65.7 cm³/mol. The number of carboxylic acid groups (broad SMARTS) is 1. The maximum absolute atomic E-state index is 11.8. The number of nitrogens with zero attached hydrogens (tertiary/aromatic N) is 2. The summed E-state index contributed by atoms with van der Waals surface area (Å²) in [6.07, 6.45) is -0.0718. The second-order valence-corrected chi connectivity index (χ2v) is 5.13. The Morgan fingerprint density at radius 3 is 2.47 bits per heavy atom. The molecule has 19 heavy (non-hydrogen) atoms. The van der Waals surface area contributed by atoms with Crippen molar-refractivity contribution in [2.24, 2.45) is 0 Å². The van der Waals surface area contributed by atoms with Gasteiger partial charge in [0.05, 0.1) is 0 Å². The van der Waals surface area contributed by atoms with Crippen LogP contribution in [-0.2, 0) is 10.2 Å². The van der Waals surface area contributed by atoms with E-state index in [9.17, 15) is 9.59 Å².